The van der Waals surface area contributed by atoms with Gasteiger partial charge in [0.25, 0.3) is 0 Å². The number of rotatable bonds is 8. The van der Waals surface area contributed by atoms with Crippen molar-refractivity contribution in [2.45, 2.75) is 45.6 Å². The zero-order valence-electron chi connectivity index (χ0n) is 13.0. The van der Waals surface area contributed by atoms with E-state index in [1.807, 2.05) is 23.9 Å². The molecular weight excluding hydrogens is 330 g/mol. The van der Waals surface area contributed by atoms with Gasteiger partial charge in [-0.25, -0.2) is 0 Å². The van der Waals surface area contributed by atoms with Gasteiger partial charge in [0.05, 0.1) is 22.1 Å². The first-order valence-corrected chi connectivity index (χ1v) is 8.41. The van der Waals surface area contributed by atoms with Gasteiger partial charge in [-0.3, -0.25) is 4.68 Å². The lowest BCUT2D eigenvalue weighted by atomic mass is 10.0. The standard InChI is InChI=1S/C16H24BrN3O/c1-4-14-16(17)15(20(3)19-14)11-12(18-5-2)8-9-13-7-6-10-21-13/h6-7,10,12,18H,4-5,8-9,11H2,1-3H3. The molecule has 0 fully saturated rings. The summed E-state index contributed by atoms with van der Waals surface area (Å²) < 4.78 is 8.59. The maximum Gasteiger partial charge on any atom is 0.103 e. The van der Waals surface area contributed by atoms with Crippen molar-refractivity contribution in [2.24, 2.45) is 7.05 Å². The van der Waals surface area contributed by atoms with Gasteiger partial charge in [-0.1, -0.05) is 13.8 Å². The van der Waals surface area contributed by atoms with Gasteiger partial charge < -0.3 is 9.73 Å². The minimum atomic E-state index is 0.427. The Kier molecular flexibility index (Phi) is 6.06. The van der Waals surface area contributed by atoms with E-state index in [0.717, 1.165) is 48.2 Å². The molecule has 0 radical (unpaired) electrons. The lowest BCUT2D eigenvalue weighted by Gasteiger charge is -2.17. The molecule has 2 aromatic rings. The zero-order valence-corrected chi connectivity index (χ0v) is 14.6. The number of furan rings is 1. The van der Waals surface area contributed by atoms with Crippen LogP contribution in [-0.2, 0) is 26.3 Å². The summed E-state index contributed by atoms with van der Waals surface area (Å²) in [6.07, 6.45) is 5.68. The fraction of sp³-hybridized carbons (Fsp3) is 0.562. The molecule has 1 unspecified atom stereocenters. The number of nitrogens with zero attached hydrogens (tertiary/aromatic N) is 2. The third-order valence-electron chi connectivity index (χ3n) is 3.75. The Morgan fingerprint density at radius 3 is 2.81 bits per heavy atom. The molecule has 0 aliphatic heterocycles. The second-order valence-corrected chi connectivity index (χ2v) is 6.05. The normalized spacial score (nSPS) is 12.8. The lowest BCUT2D eigenvalue weighted by Crippen LogP contribution is -2.32. The van der Waals surface area contributed by atoms with Crippen LogP contribution in [0.1, 0.15) is 37.4 Å². The molecular formula is C16H24BrN3O. The molecule has 0 saturated carbocycles. The fourth-order valence-electron chi connectivity index (χ4n) is 2.61. The van der Waals surface area contributed by atoms with Gasteiger partial charge in [-0.2, -0.15) is 5.10 Å². The van der Waals surface area contributed by atoms with Crippen LogP contribution in [0.4, 0.5) is 0 Å². The highest BCUT2D eigenvalue weighted by molar-refractivity contribution is 9.10. The van der Waals surface area contributed by atoms with E-state index in [1.165, 1.54) is 5.69 Å². The summed E-state index contributed by atoms with van der Waals surface area (Å²) in [5.41, 5.74) is 2.39. The van der Waals surface area contributed by atoms with Crippen LogP contribution >= 0.6 is 15.9 Å². The van der Waals surface area contributed by atoms with Crippen molar-refractivity contribution in [1.29, 1.82) is 0 Å². The molecule has 4 nitrogen and oxygen atoms in total. The molecule has 5 heteroatoms. The van der Waals surface area contributed by atoms with Gasteiger partial charge in [-0.15, -0.1) is 0 Å². The Morgan fingerprint density at radius 1 is 1.43 bits per heavy atom. The summed E-state index contributed by atoms with van der Waals surface area (Å²) >= 11 is 3.70. The average Bonchev–Trinajstić information content (AvgIpc) is 3.07. The van der Waals surface area contributed by atoms with Gasteiger partial charge >= 0.3 is 0 Å². The lowest BCUT2D eigenvalue weighted by molar-refractivity contribution is 0.441. The minimum Gasteiger partial charge on any atom is -0.469 e. The quantitative estimate of drug-likeness (QED) is 0.789. The van der Waals surface area contributed by atoms with Crippen molar-refractivity contribution >= 4 is 15.9 Å². The van der Waals surface area contributed by atoms with Crippen LogP contribution in [0.5, 0.6) is 0 Å². The first-order chi connectivity index (χ1) is 10.2. The predicted octanol–water partition coefficient (Wildman–Crippen LogP) is 3.49. The Balaban J connectivity index is 2.03. The molecule has 2 rings (SSSR count). The van der Waals surface area contributed by atoms with Crippen molar-refractivity contribution in [2.75, 3.05) is 6.54 Å². The number of hydrogen-bond acceptors (Lipinski definition) is 3. The molecule has 0 aliphatic carbocycles. The van der Waals surface area contributed by atoms with E-state index in [0.29, 0.717) is 6.04 Å². The third-order valence-corrected chi connectivity index (χ3v) is 4.67. The van der Waals surface area contributed by atoms with Crippen LogP contribution in [0.25, 0.3) is 0 Å². The van der Waals surface area contributed by atoms with Crippen LogP contribution < -0.4 is 5.32 Å². The van der Waals surface area contributed by atoms with E-state index in [-0.39, 0.29) is 0 Å². The fourth-order valence-corrected chi connectivity index (χ4v) is 3.39. The van der Waals surface area contributed by atoms with Gasteiger partial charge in [0, 0.05) is 25.9 Å². The maximum atomic E-state index is 5.43. The van der Waals surface area contributed by atoms with E-state index in [4.69, 9.17) is 4.42 Å². The van der Waals surface area contributed by atoms with Gasteiger partial charge in [0.2, 0.25) is 0 Å². The second-order valence-electron chi connectivity index (χ2n) is 5.26. The Labute approximate surface area is 135 Å². The number of nitrogens with one attached hydrogen (secondary N) is 1. The van der Waals surface area contributed by atoms with Crippen molar-refractivity contribution in [1.82, 2.24) is 15.1 Å². The number of aromatic nitrogens is 2. The van der Waals surface area contributed by atoms with Crippen LogP contribution in [-0.4, -0.2) is 22.4 Å². The van der Waals surface area contributed by atoms with E-state index in [9.17, 15) is 0 Å². The molecule has 0 amide bonds. The molecule has 0 aliphatic rings. The molecule has 2 heterocycles. The summed E-state index contributed by atoms with van der Waals surface area (Å²) in [7, 11) is 2.02. The highest BCUT2D eigenvalue weighted by Gasteiger charge is 2.17. The van der Waals surface area contributed by atoms with Crippen molar-refractivity contribution in [3.63, 3.8) is 0 Å². The summed E-state index contributed by atoms with van der Waals surface area (Å²) in [5, 5.41) is 8.15. The Bertz CT molecular complexity index is 548. The molecule has 0 aromatic carbocycles. The van der Waals surface area contributed by atoms with Gasteiger partial charge in [0.1, 0.15) is 5.76 Å². The molecule has 0 bridgehead atoms. The van der Waals surface area contributed by atoms with Gasteiger partial charge in [0.15, 0.2) is 0 Å². The van der Waals surface area contributed by atoms with Crippen molar-refractivity contribution < 1.29 is 4.42 Å². The predicted molar refractivity (Wildman–Crippen MR) is 88.5 cm³/mol. The largest absolute Gasteiger partial charge is 0.469 e. The van der Waals surface area contributed by atoms with E-state index >= 15 is 0 Å². The summed E-state index contributed by atoms with van der Waals surface area (Å²) in [4.78, 5) is 0. The maximum absolute atomic E-state index is 5.43. The Morgan fingerprint density at radius 2 is 2.24 bits per heavy atom. The van der Waals surface area contributed by atoms with Crippen LogP contribution in [0.15, 0.2) is 27.3 Å². The zero-order chi connectivity index (χ0) is 15.2. The highest BCUT2D eigenvalue weighted by atomic mass is 79.9. The first-order valence-electron chi connectivity index (χ1n) is 7.61. The molecule has 1 N–H and O–H groups in total. The minimum absolute atomic E-state index is 0.427. The van der Waals surface area contributed by atoms with Gasteiger partial charge in [-0.05, 0) is 47.4 Å². The molecule has 0 spiro atoms. The molecule has 0 saturated heterocycles. The third kappa shape index (κ3) is 4.20. The first kappa shape index (κ1) is 16.3. The smallest absolute Gasteiger partial charge is 0.103 e. The van der Waals surface area contributed by atoms with Crippen molar-refractivity contribution in [3.8, 4) is 0 Å². The number of likely N-dealkylation sites (N-methyl/N-ethyl adjacent to an activating group) is 1. The topological polar surface area (TPSA) is 43.0 Å². The number of aryl methyl sites for hydroxylation is 3. The molecule has 1 atom stereocenters. The molecule has 21 heavy (non-hydrogen) atoms. The average molecular weight is 354 g/mol. The second kappa shape index (κ2) is 7.80. The number of hydrogen-bond donors (Lipinski definition) is 1. The summed E-state index contributed by atoms with van der Waals surface area (Å²) in [5.74, 6) is 1.05. The van der Waals surface area contributed by atoms with Crippen LogP contribution in [0.3, 0.4) is 0 Å². The molecule has 2 aromatic heterocycles. The highest BCUT2D eigenvalue weighted by Crippen LogP contribution is 2.23. The van der Waals surface area contributed by atoms with E-state index in [2.05, 4.69) is 40.2 Å². The summed E-state index contributed by atoms with van der Waals surface area (Å²) in [6.45, 7) is 5.25. The van der Waals surface area contributed by atoms with E-state index in [1.54, 1.807) is 6.26 Å². The summed E-state index contributed by atoms with van der Waals surface area (Å²) in [6, 6.07) is 4.41. The van der Waals surface area contributed by atoms with Crippen LogP contribution in [0, 0.1) is 0 Å². The molecule has 116 valence electrons. The van der Waals surface area contributed by atoms with Crippen molar-refractivity contribution in [3.05, 3.63) is 40.0 Å². The number of halogens is 1. The Hall–Kier alpha value is -1.07. The SMILES string of the molecule is CCNC(CCc1ccco1)Cc1c(Br)c(CC)nn1C. The monoisotopic (exact) mass is 353 g/mol. The van der Waals surface area contributed by atoms with E-state index < -0.39 is 0 Å². The van der Waals surface area contributed by atoms with Crippen LogP contribution in [0.2, 0.25) is 0 Å².